The average molecular weight is 505 g/mol. The quantitative estimate of drug-likeness (QED) is 0.254. The Morgan fingerprint density at radius 3 is 2.61 bits per heavy atom. The number of furan rings is 1. The minimum absolute atomic E-state index is 0. The SMILES string of the molecule is FC(F)(F)c1cccc(CN=C(NCCc2ccco2)NC2CC=CC2)c1.I. The third-order valence-electron chi connectivity index (χ3n) is 4.27. The van der Waals surface area contributed by atoms with Crippen LogP contribution in [-0.4, -0.2) is 18.5 Å². The van der Waals surface area contributed by atoms with Crippen LogP contribution in [0.1, 0.15) is 29.7 Å². The van der Waals surface area contributed by atoms with Crippen molar-refractivity contribution in [2.75, 3.05) is 6.54 Å². The summed E-state index contributed by atoms with van der Waals surface area (Å²) in [4.78, 5) is 4.47. The topological polar surface area (TPSA) is 49.6 Å². The molecule has 1 heterocycles. The van der Waals surface area contributed by atoms with Gasteiger partial charge in [0.2, 0.25) is 0 Å². The molecule has 0 bridgehead atoms. The zero-order chi connectivity index (χ0) is 19.1. The standard InChI is InChI=1S/C20H22F3N3O.HI/c21-20(22,23)16-6-3-5-15(13-16)14-25-19(26-17-7-1-2-8-17)24-11-10-18-9-4-12-27-18;/h1-6,9,12-13,17H,7-8,10-11,14H2,(H2,24,25,26);1H. The lowest BCUT2D eigenvalue weighted by Gasteiger charge is -2.17. The van der Waals surface area contributed by atoms with Crippen LogP contribution >= 0.6 is 24.0 Å². The maximum absolute atomic E-state index is 12.9. The molecule has 0 fully saturated rings. The van der Waals surface area contributed by atoms with Crippen LogP contribution in [0.5, 0.6) is 0 Å². The molecule has 0 saturated carbocycles. The van der Waals surface area contributed by atoms with Gasteiger partial charge in [-0.1, -0.05) is 24.3 Å². The van der Waals surface area contributed by atoms with Gasteiger partial charge in [0.15, 0.2) is 5.96 Å². The van der Waals surface area contributed by atoms with Gasteiger partial charge in [-0.2, -0.15) is 13.2 Å². The molecule has 0 atom stereocenters. The molecule has 1 aliphatic carbocycles. The number of halogens is 4. The Labute approximate surface area is 179 Å². The fourth-order valence-corrected chi connectivity index (χ4v) is 2.86. The largest absolute Gasteiger partial charge is 0.469 e. The molecular weight excluding hydrogens is 482 g/mol. The zero-order valence-corrected chi connectivity index (χ0v) is 17.5. The molecule has 2 N–H and O–H groups in total. The zero-order valence-electron chi connectivity index (χ0n) is 15.2. The van der Waals surface area contributed by atoms with Crippen LogP contribution in [0.4, 0.5) is 13.2 Å². The minimum Gasteiger partial charge on any atom is -0.469 e. The van der Waals surface area contributed by atoms with Crippen molar-refractivity contribution in [3.05, 3.63) is 71.7 Å². The summed E-state index contributed by atoms with van der Waals surface area (Å²) in [5, 5.41) is 6.56. The molecule has 0 unspecified atom stereocenters. The summed E-state index contributed by atoms with van der Waals surface area (Å²) in [5.41, 5.74) is -0.142. The van der Waals surface area contributed by atoms with E-state index < -0.39 is 11.7 Å². The second-order valence-electron chi connectivity index (χ2n) is 6.40. The molecule has 28 heavy (non-hydrogen) atoms. The molecule has 1 aromatic heterocycles. The molecule has 8 heteroatoms. The molecule has 0 aliphatic heterocycles. The van der Waals surface area contributed by atoms with Gasteiger partial charge in [0.05, 0.1) is 18.4 Å². The number of guanidine groups is 1. The number of aliphatic imine (C=N–C) groups is 1. The second-order valence-corrected chi connectivity index (χ2v) is 6.40. The van der Waals surface area contributed by atoms with Crippen molar-refractivity contribution in [2.45, 2.75) is 38.0 Å². The first kappa shape index (κ1) is 22.3. The predicted octanol–water partition coefficient (Wildman–Crippen LogP) is 4.91. The fraction of sp³-hybridized carbons (Fsp3) is 0.350. The number of alkyl halides is 3. The van der Waals surface area contributed by atoms with Gasteiger partial charge in [0, 0.05) is 19.0 Å². The van der Waals surface area contributed by atoms with Gasteiger partial charge in [-0.3, -0.25) is 0 Å². The molecule has 1 aromatic carbocycles. The first-order valence-corrected chi connectivity index (χ1v) is 8.89. The first-order valence-electron chi connectivity index (χ1n) is 8.89. The van der Waals surface area contributed by atoms with Crippen LogP contribution in [0.3, 0.4) is 0 Å². The highest BCUT2D eigenvalue weighted by atomic mass is 127. The van der Waals surface area contributed by atoms with Gasteiger partial charge in [-0.05, 0) is 42.7 Å². The van der Waals surface area contributed by atoms with Crippen LogP contribution < -0.4 is 10.6 Å². The van der Waals surface area contributed by atoms with Crippen LogP contribution in [0, 0.1) is 0 Å². The highest BCUT2D eigenvalue weighted by Crippen LogP contribution is 2.29. The van der Waals surface area contributed by atoms with Crippen molar-refractivity contribution in [2.24, 2.45) is 4.99 Å². The Balaban J connectivity index is 0.00000280. The van der Waals surface area contributed by atoms with Crippen molar-refractivity contribution in [3.8, 4) is 0 Å². The van der Waals surface area contributed by atoms with Crippen LogP contribution in [0.2, 0.25) is 0 Å². The molecule has 1 aliphatic rings. The number of nitrogens with zero attached hydrogens (tertiary/aromatic N) is 1. The molecule has 0 radical (unpaired) electrons. The van der Waals surface area contributed by atoms with Gasteiger partial charge in [-0.25, -0.2) is 4.99 Å². The number of nitrogens with one attached hydrogen (secondary N) is 2. The molecule has 0 spiro atoms. The van der Waals surface area contributed by atoms with E-state index >= 15 is 0 Å². The van der Waals surface area contributed by atoms with Gasteiger partial charge < -0.3 is 15.1 Å². The van der Waals surface area contributed by atoms with E-state index in [9.17, 15) is 13.2 Å². The molecule has 4 nitrogen and oxygen atoms in total. The van der Waals surface area contributed by atoms with Crippen molar-refractivity contribution < 1.29 is 17.6 Å². The third kappa shape index (κ3) is 6.88. The molecule has 3 rings (SSSR count). The van der Waals surface area contributed by atoms with E-state index in [4.69, 9.17) is 4.42 Å². The maximum atomic E-state index is 12.9. The van der Waals surface area contributed by atoms with E-state index in [-0.39, 0.29) is 36.6 Å². The Hall–Kier alpha value is -1.97. The number of benzene rings is 1. The highest BCUT2D eigenvalue weighted by Gasteiger charge is 2.30. The normalized spacial score (nSPS) is 14.8. The average Bonchev–Trinajstić information content (AvgIpc) is 3.33. The molecular formula is C20H23F3IN3O. The smallest absolute Gasteiger partial charge is 0.416 e. The van der Waals surface area contributed by atoms with Crippen LogP contribution in [0.25, 0.3) is 0 Å². The van der Waals surface area contributed by atoms with Crippen molar-refractivity contribution in [1.82, 2.24) is 10.6 Å². The Morgan fingerprint density at radius 2 is 1.93 bits per heavy atom. The Bertz CT molecular complexity index is 780. The monoisotopic (exact) mass is 505 g/mol. The van der Waals surface area contributed by atoms with Gasteiger partial charge in [0.1, 0.15) is 5.76 Å². The molecule has 2 aromatic rings. The van der Waals surface area contributed by atoms with E-state index in [1.165, 1.54) is 6.07 Å². The van der Waals surface area contributed by atoms with Gasteiger partial charge in [0.25, 0.3) is 0 Å². The van der Waals surface area contributed by atoms with Crippen LogP contribution in [-0.2, 0) is 19.1 Å². The third-order valence-corrected chi connectivity index (χ3v) is 4.27. The Morgan fingerprint density at radius 1 is 1.14 bits per heavy atom. The van der Waals surface area contributed by atoms with Crippen molar-refractivity contribution in [3.63, 3.8) is 0 Å². The molecule has 0 amide bonds. The lowest BCUT2D eigenvalue weighted by atomic mass is 10.1. The van der Waals surface area contributed by atoms with Gasteiger partial charge in [-0.15, -0.1) is 24.0 Å². The summed E-state index contributed by atoms with van der Waals surface area (Å²) < 4.78 is 43.9. The van der Waals surface area contributed by atoms with Crippen molar-refractivity contribution >= 4 is 29.9 Å². The summed E-state index contributed by atoms with van der Waals surface area (Å²) in [5.74, 6) is 1.45. The predicted molar refractivity (Wildman–Crippen MR) is 114 cm³/mol. The van der Waals surface area contributed by atoms with E-state index in [1.54, 1.807) is 12.3 Å². The highest BCUT2D eigenvalue weighted by molar-refractivity contribution is 14.0. The van der Waals surface area contributed by atoms with E-state index in [0.29, 0.717) is 24.5 Å². The Kier molecular flexibility index (Phi) is 8.40. The van der Waals surface area contributed by atoms with E-state index in [0.717, 1.165) is 30.7 Å². The molecule has 0 saturated heterocycles. The number of hydrogen-bond donors (Lipinski definition) is 2. The summed E-state index contributed by atoms with van der Waals surface area (Å²) in [6.07, 6.45) is 3.99. The van der Waals surface area contributed by atoms with Crippen LogP contribution in [0.15, 0.2) is 64.2 Å². The van der Waals surface area contributed by atoms with E-state index in [1.807, 2.05) is 12.1 Å². The molecule has 152 valence electrons. The minimum atomic E-state index is -4.35. The number of rotatable bonds is 6. The number of hydrogen-bond acceptors (Lipinski definition) is 2. The maximum Gasteiger partial charge on any atom is 0.416 e. The summed E-state index contributed by atoms with van der Waals surface area (Å²) >= 11 is 0. The lowest BCUT2D eigenvalue weighted by molar-refractivity contribution is -0.137. The lowest BCUT2D eigenvalue weighted by Crippen LogP contribution is -2.43. The second kappa shape index (κ2) is 10.5. The van der Waals surface area contributed by atoms with Crippen molar-refractivity contribution in [1.29, 1.82) is 0 Å². The summed E-state index contributed by atoms with van der Waals surface area (Å²) in [6.45, 7) is 0.780. The fourth-order valence-electron chi connectivity index (χ4n) is 2.86. The summed E-state index contributed by atoms with van der Waals surface area (Å²) in [6, 6.07) is 9.25. The summed E-state index contributed by atoms with van der Waals surface area (Å²) in [7, 11) is 0. The van der Waals surface area contributed by atoms with E-state index in [2.05, 4.69) is 27.8 Å². The van der Waals surface area contributed by atoms with Gasteiger partial charge >= 0.3 is 6.18 Å². The first-order chi connectivity index (χ1) is 13.0.